The summed E-state index contributed by atoms with van der Waals surface area (Å²) in [5.74, 6) is -0.950. The highest BCUT2D eigenvalue weighted by Crippen LogP contribution is 2.49. The Hall–Kier alpha value is -1.51. The molecule has 1 unspecified atom stereocenters. The van der Waals surface area contributed by atoms with E-state index >= 15 is 0 Å². The molecule has 1 aromatic carbocycles. The lowest BCUT2D eigenvalue weighted by molar-refractivity contribution is -0.622. The minimum atomic E-state index is -0.489. The van der Waals surface area contributed by atoms with E-state index in [0.717, 1.165) is 43.1 Å². The summed E-state index contributed by atoms with van der Waals surface area (Å²) >= 11 is 0. The zero-order valence-corrected chi connectivity index (χ0v) is 15.8. The first-order valence-corrected chi connectivity index (χ1v) is 9.13. The molecule has 0 aliphatic carbocycles. The van der Waals surface area contributed by atoms with Gasteiger partial charge >= 0.3 is 0 Å². The van der Waals surface area contributed by atoms with E-state index in [1.165, 1.54) is 0 Å². The number of rotatable bonds is 5. The Bertz CT molecular complexity index is 683. The number of fused-ring (bicyclic) bond motifs is 1. The normalized spacial score (nSPS) is 23.0. The quantitative estimate of drug-likeness (QED) is 0.616. The Labute approximate surface area is 145 Å². The summed E-state index contributed by atoms with van der Waals surface area (Å²) in [4.78, 5) is 0. The molecular formula is C21H30F2N+. The van der Waals surface area contributed by atoms with Crippen molar-refractivity contribution in [2.45, 2.75) is 71.8 Å². The summed E-state index contributed by atoms with van der Waals surface area (Å²) in [6.45, 7) is 13.5. The lowest BCUT2D eigenvalue weighted by Gasteiger charge is -2.48. The van der Waals surface area contributed by atoms with Crippen LogP contribution in [0.3, 0.4) is 0 Å². The molecule has 0 aromatic heterocycles. The minimum absolute atomic E-state index is 0.154. The van der Waals surface area contributed by atoms with Gasteiger partial charge in [-0.05, 0) is 38.8 Å². The molecule has 3 heteroatoms. The van der Waals surface area contributed by atoms with Crippen LogP contribution in [0.15, 0.2) is 24.3 Å². The summed E-state index contributed by atoms with van der Waals surface area (Å²) in [7, 11) is 0. The lowest BCUT2D eigenvalue weighted by Crippen LogP contribution is -2.61. The van der Waals surface area contributed by atoms with E-state index in [4.69, 9.17) is 0 Å². The molecule has 1 atom stereocenters. The van der Waals surface area contributed by atoms with Gasteiger partial charge in [0.15, 0.2) is 5.54 Å². The molecule has 1 aliphatic heterocycles. The van der Waals surface area contributed by atoms with Crippen LogP contribution in [-0.2, 0) is 5.41 Å². The molecule has 0 spiro atoms. The zero-order valence-electron chi connectivity index (χ0n) is 15.8. The second-order valence-corrected chi connectivity index (χ2v) is 6.86. The number of nitrogens with zero attached hydrogens (tertiary/aromatic N) is 1. The Morgan fingerprint density at radius 1 is 1.04 bits per heavy atom. The molecule has 0 bridgehead atoms. The zero-order chi connectivity index (χ0) is 18.1. The van der Waals surface area contributed by atoms with Crippen LogP contribution in [0.25, 0.3) is 0 Å². The van der Waals surface area contributed by atoms with Crippen molar-refractivity contribution in [3.63, 3.8) is 0 Å². The highest BCUT2D eigenvalue weighted by atomic mass is 19.1. The molecule has 1 aliphatic rings. The second-order valence-electron chi connectivity index (χ2n) is 6.86. The van der Waals surface area contributed by atoms with E-state index in [1.54, 1.807) is 6.07 Å². The molecule has 0 saturated carbocycles. The van der Waals surface area contributed by atoms with Crippen LogP contribution in [0, 0.1) is 11.6 Å². The van der Waals surface area contributed by atoms with Crippen LogP contribution in [0.5, 0.6) is 0 Å². The van der Waals surface area contributed by atoms with Gasteiger partial charge in [-0.3, -0.25) is 0 Å². The average Bonchev–Trinajstić information content (AvgIpc) is 2.56. The molecule has 2 rings (SSSR count). The highest BCUT2D eigenvalue weighted by Gasteiger charge is 2.58. The number of hydrogen-bond acceptors (Lipinski definition) is 0. The predicted octanol–water partition coefficient (Wildman–Crippen LogP) is 5.60. The summed E-state index contributed by atoms with van der Waals surface area (Å²) in [6, 6.07) is 2.57. The first-order valence-electron chi connectivity index (χ1n) is 9.13. The lowest BCUT2D eigenvalue weighted by atomic mass is 9.58. The SMILES string of the molecule is CC=CC1=[N+](CC)C(CC)(CC)C(C)(CC)c2cc(F)cc(F)c21. The smallest absolute Gasteiger partial charge is 0.210 e. The van der Waals surface area contributed by atoms with Crippen molar-refractivity contribution in [3.8, 4) is 0 Å². The molecule has 1 aromatic rings. The molecule has 132 valence electrons. The first-order chi connectivity index (χ1) is 11.4. The van der Waals surface area contributed by atoms with Crippen LogP contribution in [0.2, 0.25) is 0 Å². The standard InChI is InChI=1S/C21H30F2N/c1-7-12-18-19-16(13-15(22)14-17(19)23)20(6,8-2)21(9-3,10-4)24(18)11-5/h7,12-14H,8-11H2,1-6H3/q+1. The molecule has 0 N–H and O–H groups in total. The van der Waals surface area contributed by atoms with E-state index < -0.39 is 11.6 Å². The maximum atomic E-state index is 14.8. The third kappa shape index (κ3) is 2.35. The van der Waals surface area contributed by atoms with Crippen molar-refractivity contribution in [2.75, 3.05) is 6.54 Å². The number of likely N-dealkylation sites (N-methyl/N-ethyl adjacent to an activating group) is 1. The third-order valence-electron chi connectivity index (χ3n) is 6.26. The van der Waals surface area contributed by atoms with E-state index in [2.05, 4.69) is 39.2 Å². The molecule has 0 fully saturated rings. The fraction of sp³-hybridized carbons (Fsp3) is 0.571. The summed E-state index contributed by atoms with van der Waals surface area (Å²) in [5, 5.41) is 0. The summed E-state index contributed by atoms with van der Waals surface area (Å²) in [5.41, 5.74) is 1.79. The summed E-state index contributed by atoms with van der Waals surface area (Å²) in [6.07, 6.45) is 6.61. The predicted molar refractivity (Wildman–Crippen MR) is 97.0 cm³/mol. The van der Waals surface area contributed by atoms with Gasteiger partial charge in [-0.1, -0.05) is 26.8 Å². The fourth-order valence-electron chi connectivity index (χ4n) is 4.92. The van der Waals surface area contributed by atoms with Crippen molar-refractivity contribution in [2.24, 2.45) is 0 Å². The molecular weight excluding hydrogens is 304 g/mol. The van der Waals surface area contributed by atoms with Crippen molar-refractivity contribution in [1.29, 1.82) is 0 Å². The van der Waals surface area contributed by atoms with E-state index in [1.807, 2.05) is 19.1 Å². The van der Waals surface area contributed by atoms with E-state index in [0.29, 0.717) is 5.56 Å². The van der Waals surface area contributed by atoms with Gasteiger partial charge in [0.2, 0.25) is 5.71 Å². The van der Waals surface area contributed by atoms with Gasteiger partial charge in [0.25, 0.3) is 0 Å². The van der Waals surface area contributed by atoms with E-state index in [9.17, 15) is 8.78 Å². The van der Waals surface area contributed by atoms with Gasteiger partial charge in [0.1, 0.15) is 18.2 Å². The maximum Gasteiger partial charge on any atom is 0.210 e. The van der Waals surface area contributed by atoms with Crippen molar-refractivity contribution < 1.29 is 13.4 Å². The monoisotopic (exact) mass is 334 g/mol. The Morgan fingerprint density at radius 3 is 2.12 bits per heavy atom. The minimum Gasteiger partial charge on any atom is -0.223 e. The van der Waals surface area contributed by atoms with Gasteiger partial charge in [-0.15, -0.1) is 0 Å². The van der Waals surface area contributed by atoms with Crippen LogP contribution >= 0.6 is 0 Å². The largest absolute Gasteiger partial charge is 0.223 e. The first kappa shape index (κ1) is 18.8. The van der Waals surface area contributed by atoms with Crippen molar-refractivity contribution in [1.82, 2.24) is 0 Å². The van der Waals surface area contributed by atoms with Crippen molar-refractivity contribution >= 4 is 5.71 Å². The van der Waals surface area contributed by atoms with Gasteiger partial charge in [-0.25, -0.2) is 13.4 Å². The third-order valence-corrected chi connectivity index (χ3v) is 6.26. The van der Waals surface area contributed by atoms with Crippen LogP contribution in [0.4, 0.5) is 8.78 Å². The fourth-order valence-corrected chi connectivity index (χ4v) is 4.92. The topological polar surface area (TPSA) is 3.01 Å². The molecule has 24 heavy (non-hydrogen) atoms. The van der Waals surface area contributed by atoms with Crippen LogP contribution < -0.4 is 0 Å². The number of hydrogen-bond donors (Lipinski definition) is 0. The van der Waals surface area contributed by atoms with Crippen LogP contribution in [-0.4, -0.2) is 22.4 Å². The Kier molecular flexibility index (Phi) is 5.31. The number of halogens is 2. The van der Waals surface area contributed by atoms with Gasteiger partial charge in [0.05, 0.1) is 11.0 Å². The second kappa shape index (κ2) is 6.78. The highest BCUT2D eigenvalue weighted by molar-refractivity contribution is 6.07. The maximum absolute atomic E-state index is 14.8. The molecule has 0 saturated heterocycles. The van der Waals surface area contributed by atoms with Crippen LogP contribution in [0.1, 0.15) is 71.9 Å². The summed E-state index contributed by atoms with van der Waals surface area (Å²) < 4.78 is 31.3. The van der Waals surface area contributed by atoms with Gasteiger partial charge < -0.3 is 0 Å². The number of benzene rings is 1. The van der Waals surface area contributed by atoms with E-state index in [-0.39, 0.29) is 11.0 Å². The van der Waals surface area contributed by atoms with Crippen molar-refractivity contribution in [3.05, 3.63) is 47.0 Å². The molecule has 0 amide bonds. The van der Waals surface area contributed by atoms with Gasteiger partial charge in [0, 0.05) is 25.0 Å². The molecule has 1 heterocycles. The molecule has 1 nitrogen and oxygen atoms in total. The average molecular weight is 334 g/mol. The number of allylic oxidation sites excluding steroid dienone is 2. The molecule has 0 radical (unpaired) electrons. The van der Waals surface area contributed by atoms with Gasteiger partial charge in [-0.2, -0.15) is 0 Å². The Morgan fingerprint density at radius 2 is 1.67 bits per heavy atom. The Balaban J connectivity index is 3.05.